The smallest absolute Gasteiger partial charge is 0.185 e. The van der Waals surface area contributed by atoms with Crippen molar-refractivity contribution in [3.63, 3.8) is 0 Å². The number of hydrogen-bond acceptors (Lipinski definition) is 6. The van der Waals surface area contributed by atoms with Gasteiger partial charge in [0.25, 0.3) is 0 Å². The molecule has 0 bridgehead atoms. The van der Waals surface area contributed by atoms with E-state index in [0.29, 0.717) is 19.1 Å². The Kier molecular flexibility index (Phi) is 9.55. The number of rotatable bonds is 13. The maximum absolute atomic E-state index is 10.9. The molecule has 1 aromatic heterocycles. The van der Waals surface area contributed by atoms with Crippen molar-refractivity contribution in [1.29, 1.82) is 0 Å². The number of ether oxygens (including phenoxy) is 1. The van der Waals surface area contributed by atoms with Crippen LogP contribution in [0.5, 0.6) is 5.75 Å². The van der Waals surface area contributed by atoms with Crippen LogP contribution in [-0.4, -0.2) is 18.0 Å². The maximum atomic E-state index is 10.9. The molecule has 0 atom stereocenters. The summed E-state index contributed by atoms with van der Waals surface area (Å²) in [4.78, 5) is 17.8. The van der Waals surface area contributed by atoms with Gasteiger partial charge in [-0.3, -0.25) is 0 Å². The third kappa shape index (κ3) is 7.23. The van der Waals surface area contributed by atoms with E-state index in [1.54, 1.807) is 35.6 Å². The SMILES string of the molecule is CCCC(CCC)c1ccc(OCc2ccc(-c3csc(N(C)Cc4ccc(C(=O)[O-])cc4)n3)cc2)cc1. The number of aromatic carboxylic acids is 1. The van der Waals surface area contributed by atoms with Gasteiger partial charge in [-0.2, -0.15) is 0 Å². The van der Waals surface area contributed by atoms with Gasteiger partial charge in [0.15, 0.2) is 5.13 Å². The van der Waals surface area contributed by atoms with E-state index in [-0.39, 0.29) is 5.56 Å². The fourth-order valence-corrected chi connectivity index (χ4v) is 5.41. The molecular formula is C32H35N2O3S-. The third-order valence-corrected chi connectivity index (χ3v) is 7.66. The molecule has 0 unspecified atom stereocenters. The lowest BCUT2D eigenvalue weighted by molar-refractivity contribution is -0.255. The van der Waals surface area contributed by atoms with Crippen LogP contribution in [0.25, 0.3) is 11.3 Å². The molecule has 0 aliphatic heterocycles. The Bertz CT molecular complexity index is 1290. The Balaban J connectivity index is 1.32. The van der Waals surface area contributed by atoms with Gasteiger partial charge in [0.2, 0.25) is 0 Å². The topological polar surface area (TPSA) is 65.5 Å². The van der Waals surface area contributed by atoms with Crippen LogP contribution in [-0.2, 0) is 13.2 Å². The van der Waals surface area contributed by atoms with Crippen LogP contribution in [0, 0.1) is 0 Å². The monoisotopic (exact) mass is 527 g/mol. The van der Waals surface area contributed by atoms with E-state index in [2.05, 4.69) is 72.7 Å². The molecule has 38 heavy (non-hydrogen) atoms. The van der Waals surface area contributed by atoms with E-state index in [9.17, 15) is 9.90 Å². The number of carbonyl (C=O) groups is 1. The molecule has 3 aromatic carbocycles. The number of carbonyl (C=O) groups excluding carboxylic acids is 1. The first kappa shape index (κ1) is 27.4. The highest BCUT2D eigenvalue weighted by Gasteiger charge is 2.11. The molecule has 5 nitrogen and oxygen atoms in total. The standard InChI is InChI=1S/C32H36N2O3S/c1-4-6-25(7-5-2)26-16-18-29(19-17-26)37-21-24-10-12-27(13-11-24)30-22-38-32(33-30)34(3)20-23-8-14-28(15-9-23)31(35)36/h8-19,22,25H,4-7,20-21H2,1-3H3,(H,35,36)/p-1. The minimum absolute atomic E-state index is 0.183. The zero-order chi connectivity index (χ0) is 26.9. The molecule has 0 radical (unpaired) electrons. The summed E-state index contributed by atoms with van der Waals surface area (Å²) in [7, 11) is 1.98. The molecule has 0 spiro atoms. The van der Waals surface area contributed by atoms with E-state index >= 15 is 0 Å². The van der Waals surface area contributed by atoms with Gasteiger partial charge in [-0.1, -0.05) is 87.4 Å². The van der Waals surface area contributed by atoms with Gasteiger partial charge >= 0.3 is 0 Å². The van der Waals surface area contributed by atoms with Gasteiger partial charge in [-0.05, 0) is 53.1 Å². The van der Waals surface area contributed by atoms with Crippen LogP contribution in [0.15, 0.2) is 78.2 Å². The molecular weight excluding hydrogens is 492 g/mol. The van der Waals surface area contributed by atoms with Crippen molar-refractivity contribution < 1.29 is 14.6 Å². The molecule has 0 fully saturated rings. The van der Waals surface area contributed by atoms with Gasteiger partial charge in [0.1, 0.15) is 12.4 Å². The summed E-state index contributed by atoms with van der Waals surface area (Å²) in [6.07, 6.45) is 4.89. The summed E-state index contributed by atoms with van der Waals surface area (Å²) in [5.41, 5.74) is 5.70. The van der Waals surface area contributed by atoms with Gasteiger partial charge in [-0.15, -0.1) is 11.3 Å². The average molecular weight is 528 g/mol. The molecule has 1 heterocycles. The predicted molar refractivity (Wildman–Crippen MR) is 154 cm³/mol. The van der Waals surface area contributed by atoms with Crippen molar-refractivity contribution in [2.24, 2.45) is 0 Å². The van der Waals surface area contributed by atoms with Crippen molar-refractivity contribution in [2.45, 2.75) is 58.6 Å². The highest BCUT2D eigenvalue weighted by molar-refractivity contribution is 7.14. The van der Waals surface area contributed by atoms with Gasteiger partial charge in [-0.25, -0.2) is 4.98 Å². The van der Waals surface area contributed by atoms with Crippen LogP contribution in [0.4, 0.5) is 5.13 Å². The first-order chi connectivity index (χ1) is 18.5. The molecule has 0 amide bonds. The fraction of sp³-hybridized carbons (Fsp3) is 0.312. The Morgan fingerprint density at radius 2 is 1.55 bits per heavy atom. The summed E-state index contributed by atoms with van der Waals surface area (Å²) in [5.74, 6) is 0.371. The van der Waals surface area contributed by atoms with Crippen LogP contribution >= 0.6 is 11.3 Å². The fourth-order valence-electron chi connectivity index (χ4n) is 4.61. The molecule has 4 aromatic rings. The Morgan fingerprint density at radius 3 is 2.16 bits per heavy atom. The second-order valence-electron chi connectivity index (χ2n) is 9.68. The number of benzene rings is 3. The highest BCUT2D eigenvalue weighted by atomic mass is 32.1. The lowest BCUT2D eigenvalue weighted by Crippen LogP contribution is -2.22. The Morgan fingerprint density at radius 1 is 0.921 bits per heavy atom. The van der Waals surface area contributed by atoms with Crippen LogP contribution < -0.4 is 14.7 Å². The summed E-state index contributed by atoms with van der Waals surface area (Å²) in [6, 6.07) is 23.7. The van der Waals surface area contributed by atoms with E-state index < -0.39 is 5.97 Å². The molecule has 6 heteroatoms. The Labute approximate surface area is 229 Å². The number of nitrogens with zero attached hydrogens (tertiary/aromatic N) is 2. The molecule has 0 saturated heterocycles. The lowest BCUT2D eigenvalue weighted by Gasteiger charge is -2.16. The number of thiazole rings is 1. The molecule has 0 saturated carbocycles. The molecule has 0 aliphatic rings. The van der Waals surface area contributed by atoms with E-state index in [1.165, 1.54) is 31.2 Å². The second kappa shape index (κ2) is 13.2. The summed E-state index contributed by atoms with van der Waals surface area (Å²) in [6.45, 7) is 5.66. The molecule has 4 rings (SSSR count). The molecule has 0 N–H and O–H groups in total. The highest BCUT2D eigenvalue weighted by Crippen LogP contribution is 2.29. The summed E-state index contributed by atoms with van der Waals surface area (Å²) in [5, 5.41) is 13.9. The maximum Gasteiger partial charge on any atom is 0.185 e. The largest absolute Gasteiger partial charge is 0.545 e. The predicted octanol–water partition coefficient (Wildman–Crippen LogP) is 7.07. The molecule has 198 valence electrons. The number of carboxylic acids is 1. The quantitative estimate of drug-likeness (QED) is 0.186. The van der Waals surface area contributed by atoms with Gasteiger partial charge in [0, 0.05) is 24.5 Å². The minimum atomic E-state index is -1.16. The van der Waals surface area contributed by atoms with Crippen molar-refractivity contribution in [3.8, 4) is 17.0 Å². The van der Waals surface area contributed by atoms with E-state index in [0.717, 1.165) is 33.3 Å². The third-order valence-electron chi connectivity index (χ3n) is 6.71. The zero-order valence-corrected chi connectivity index (χ0v) is 23.2. The van der Waals surface area contributed by atoms with E-state index in [4.69, 9.17) is 9.72 Å². The van der Waals surface area contributed by atoms with Gasteiger partial charge in [0.05, 0.1) is 11.7 Å². The lowest BCUT2D eigenvalue weighted by atomic mass is 9.90. The summed E-state index contributed by atoms with van der Waals surface area (Å²) >= 11 is 1.59. The van der Waals surface area contributed by atoms with Crippen molar-refractivity contribution in [1.82, 2.24) is 4.98 Å². The molecule has 0 aliphatic carbocycles. The minimum Gasteiger partial charge on any atom is -0.545 e. The Hall–Kier alpha value is -3.64. The first-order valence-electron chi connectivity index (χ1n) is 13.3. The number of aromatic nitrogens is 1. The van der Waals surface area contributed by atoms with Crippen molar-refractivity contribution >= 4 is 22.4 Å². The zero-order valence-electron chi connectivity index (χ0n) is 22.4. The normalized spacial score (nSPS) is 11.1. The van der Waals surface area contributed by atoms with Crippen LogP contribution in [0.2, 0.25) is 0 Å². The first-order valence-corrected chi connectivity index (χ1v) is 14.1. The van der Waals surface area contributed by atoms with Crippen LogP contribution in [0.3, 0.4) is 0 Å². The average Bonchev–Trinajstić information content (AvgIpc) is 3.43. The number of anilines is 1. The van der Waals surface area contributed by atoms with E-state index in [1.807, 2.05) is 7.05 Å². The van der Waals surface area contributed by atoms with Crippen molar-refractivity contribution in [2.75, 3.05) is 11.9 Å². The van der Waals surface area contributed by atoms with Crippen LogP contribution in [0.1, 0.15) is 72.5 Å². The number of hydrogen-bond donors (Lipinski definition) is 0. The van der Waals surface area contributed by atoms with Gasteiger partial charge < -0.3 is 19.5 Å². The second-order valence-corrected chi connectivity index (χ2v) is 10.5. The number of carboxylic acid groups (broad SMARTS) is 1. The van der Waals surface area contributed by atoms with Crippen molar-refractivity contribution in [3.05, 3.63) is 100 Å². The summed E-state index contributed by atoms with van der Waals surface area (Å²) < 4.78 is 6.05.